The lowest BCUT2D eigenvalue weighted by molar-refractivity contribution is 0.0988. The van der Waals surface area contributed by atoms with Crippen LogP contribution >= 0.6 is 0 Å². The first-order valence-electron chi connectivity index (χ1n) is 6.15. The second-order valence-corrected chi connectivity index (χ2v) is 4.26. The molecule has 0 aliphatic rings. The molecule has 4 nitrogen and oxygen atoms in total. The lowest BCUT2D eigenvalue weighted by Gasteiger charge is -2.21. The number of aryl methyl sites for hydroxylation is 1. The predicted molar refractivity (Wildman–Crippen MR) is 74.4 cm³/mol. The van der Waals surface area contributed by atoms with Gasteiger partial charge in [0, 0.05) is 30.2 Å². The number of nitrogens with zero attached hydrogens (tertiary/aromatic N) is 2. The zero-order chi connectivity index (χ0) is 13.8. The maximum atomic E-state index is 12.4. The number of pyridine rings is 1. The second-order valence-electron chi connectivity index (χ2n) is 4.26. The minimum atomic E-state index is -0.135. The van der Waals surface area contributed by atoms with Gasteiger partial charge in [0.25, 0.3) is 5.91 Å². The molecule has 0 aliphatic heterocycles. The molecule has 0 bridgehead atoms. The SMILES string of the molecule is CCN(C(=O)c1ccc(C)c(O)c1)c1ccncc1. The number of aromatic nitrogens is 1. The third kappa shape index (κ3) is 2.73. The molecule has 1 aromatic carbocycles. The Kier molecular flexibility index (Phi) is 3.80. The molecule has 1 heterocycles. The number of benzene rings is 1. The van der Waals surface area contributed by atoms with Crippen LogP contribution in [0.3, 0.4) is 0 Å². The van der Waals surface area contributed by atoms with Gasteiger partial charge >= 0.3 is 0 Å². The van der Waals surface area contributed by atoms with Crippen molar-refractivity contribution in [2.75, 3.05) is 11.4 Å². The summed E-state index contributed by atoms with van der Waals surface area (Å²) in [6.07, 6.45) is 3.30. The zero-order valence-corrected chi connectivity index (χ0v) is 11.0. The van der Waals surface area contributed by atoms with E-state index < -0.39 is 0 Å². The first-order valence-corrected chi connectivity index (χ1v) is 6.15. The predicted octanol–water partition coefficient (Wildman–Crippen LogP) is 2.76. The average Bonchev–Trinajstić information content (AvgIpc) is 2.44. The molecule has 0 saturated carbocycles. The molecule has 98 valence electrons. The van der Waals surface area contributed by atoms with E-state index in [4.69, 9.17) is 0 Å². The molecule has 0 atom stereocenters. The van der Waals surface area contributed by atoms with Crippen LogP contribution in [-0.4, -0.2) is 22.5 Å². The van der Waals surface area contributed by atoms with Crippen LogP contribution in [0, 0.1) is 6.92 Å². The van der Waals surface area contributed by atoms with Crippen LogP contribution in [0.4, 0.5) is 5.69 Å². The standard InChI is InChI=1S/C15H16N2O2/c1-3-17(13-6-8-16-9-7-13)15(19)12-5-4-11(2)14(18)10-12/h4-10,18H,3H2,1-2H3. The van der Waals surface area contributed by atoms with Gasteiger partial charge in [0.1, 0.15) is 5.75 Å². The summed E-state index contributed by atoms with van der Waals surface area (Å²) in [5, 5.41) is 9.69. The quantitative estimate of drug-likeness (QED) is 0.918. The summed E-state index contributed by atoms with van der Waals surface area (Å²) in [6.45, 7) is 4.26. The van der Waals surface area contributed by atoms with Gasteiger partial charge in [0.05, 0.1) is 0 Å². The molecule has 2 rings (SSSR count). The zero-order valence-electron chi connectivity index (χ0n) is 11.0. The molecule has 0 unspecified atom stereocenters. The molecule has 1 aromatic heterocycles. The van der Waals surface area contributed by atoms with E-state index in [0.29, 0.717) is 12.1 Å². The van der Waals surface area contributed by atoms with Gasteiger partial charge in [-0.25, -0.2) is 0 Å². The number of hydrogen-bond acceptors (Lipinski definition) is 3. The Balaban J connectivity index is 2.33. The fourth-order valence-electron chi connectivity index (χ4n) is 1.87. The van der Waals surface area contributed by atoms with Crippen molar-refractivity contribution in [2.45, 2.75) is 13.8 Å². The van der Waals surface area contributed by atoms with Crippen LogP contribution in [0.1, 0.15) is 22.8 Å². The van der Waals surface area contributed by atoms with Crippen molar-refractivity contribution in [1.82, 2.24) is 4.98 Å². The molecular formula is C15H16N2O2. The molecule has 0 spiro atoms. The van der Waals surface area contributed by atoms with Crippen LogP contribution in [0.25, 0.3) is 0 Å². The Morgan fingerprint density at radius 1 is 1.26 bits per heavy atom. The van der Waals surface area contributed by atoms with E-state index in [1.807, 2.05) is 6.92 Å². The molecule has 0 fully saturated rings. The lowest BCUT2D eigenvalue weighted by atomic mass is 10.1. The Morgan fingerprint density at radius 2 is 1.95 bits per heavy atom. The van der Waals surface area contributed by atoms with Crippen molar-refractivity contribution < 1.29 is 9.90 Å². The van der Waals surface area contributed by atoms with E-state index in [1.165, 1.54) is 6.07 Å². The maximum Gasteiger partial charge on any atom is 0.258 e. The minimum Gasteiger partial charge on any atom is -0.508 e. The van der Waals surface area contributed by atoms with E-state index in [2.05, 4.69) is 4.98 Å². The number of phenols is 1. The first kappa shape index (κ1) is 13.1. The highest BCUT2D eigenvalue weighted by molar-refractivity contribution is 6.06. The highest BCUT2D eigenvalue weighted by Crippen LogP contribution is 2.21. The number of amides is 1. The number of aromatic hydroxyl groups is 1. The fourth-order valence-corrected chi connectivity index (χ4v) is 1.87. The van der Waals surface area contributed by atoms with Crippen molar-refractivity contribution in [1.29, 1.82) is 0 Å². The van der Waals surface area contributed by atoms with Gasteiger partial charge in [0.15, 0.2) is 0 Å². The van der Waals surface area contributed by atoms with E-state index in [9.17, 15) is 9.90 Å². The van der Waals surface area contributed by atoms with E-state index in [-0.39, 0.29) is 11.7 Å². The molecule has 4 heteroatoms. The molecule has 0 aliphatic carbocycles. The van der Waals surface area contributed by atoms with Gasteiger partial charge in [-0.1, -0.05) is 6.07 Å². The molecule has 0 saturated heterocycles. The number of anilines is 1. The topological polar surface area (TPSA) is 53.4 Å². The summed E-state index contributed by atoms with van der Waals surface area (Å²) in [5.41, 5.74) is 2.02. The van der Waals surface area contributed by atoms with Crippen molar-refractivity contribution in [3.05, 3.63) is 53.9 Å². The van der Waals surface area contributed by atoms with Crippen molar-refractivity contribution in [3.63, 3.8) is 0 Å². The summed E-state index contributed by atoms with van der Waals surface area (Å²) in [5.74, 6) is 0.000585. The minimum absolute atomic E-state index is 0.135. The Labute approximate surface area is 112 Å². The first-order chi connectivity index (χ1) is 9.13. The molecular weight excluding hydrogens is 240 g/mol. The fraction of sp³-hybridized carbons (Fsp3) is 0.200. The maximum absolute atomic E-state index is 12.4. The normalized spacial score (nSPS) is 10.2. The highest BCUT2D eigenvalue weighted by Gasteiger charge is 2.16. The molecule has 2 aromatic rings. The van der Waals surface area contributed by atoms with Crippen LogP contribution in [0.2, 0.25) is 0 Å². The van der Waals surface area contributed by atoms with Gasteiger partial charge in [-0.15, -0.1) is 0 Å². The van der Waals surface area contributed by atoms with Crippen LogP contribution in [-0.2, 0) is 0 Å². The van der Waals surface area contributed by atoms with Gasteiger partial charge in [0.2, 0.25) is 0 Å². The summed E-state index contributed by atoms with van der Waals surface area (Å²) in [4.78, 5) is 18.0. The summed E-state index contributed by atoms with van der Waals surface area (Å²) < 4.78 is 0. The number of rotatable bonds is 3. The van der Waals surface area contributed by atoms with Crippen LogP contribution < -0.4 is 4.90 Å². The van der Waals surface area contributed by atoms with Gasteiger partial charge < -0.3 is 10.0 Å². The number of carbonyl (C=O) groups is 1. The lowest BCUT2D eigenvalue weighted by Crippen LogP contribution is -2.30. The molecule has 1 N–H and O–H groups in total. The van der Waals surface area contributed by atoms with Crippen LogP contribution in [0.5, 0.6) is 5.75 Å². The van der Waals surface area contributed by atoms with Gasteiger partial charge in [-0.3, -0.25) is 9.78 Å². The summed E-state index contributed by atoms with van der Waals surface area (Å²) in [6, 6.07) is 8.54. The largest absolute Gasteiger partial charge is 0.508 e. The highest BCUT2D eigenvalue weighted by atomic mass is 16.3. The number of carbonyl (C=O) groups excluding carboxylic acids is 1. The smallest absolute Gasteiger partial charge is 0.258 e. The molecule has 1 amide bonds. The third-order valence-corrected chi connectivity index (χ3v) is 2.99. The van der Waals surface area contributed by atoms with E-state index in [0.717, 1.165) is 11.3 Å². The van der Waals surface area contributed by atoms with Crippen molar-refractivity contribution >= 4 is 11.6 Å². The monoisotopic (exact) mass is 256 g/mol. The van der Waals surface area contributed by atoms with Gasteiger partial charge in [-0.2, -0.15) is 0 Å². The van der Waals surface area contributed by atoms with Crippen LogP contribution in [0.15, 0.2) is 42.7 Å². The van der Waals surface area contributed by atoms with Gasteiger partial charge in [-0.05, 0) is 43.7 Å². The third-order valence-electron chi connectivity index (χ3n) is 2.99. The summed E-state index contributed by atoms with van der Waals surface area (Å²) in [7, 11) is 0. The molecule has 0 radical (unpaired) electrons. The van der Waals surface area contributed by atoms with Crippen molar-refractivity contribution in [2.24, 2.45) is 0 Å². The number of hydrogen-bond donors (Lipinski definition) is 1. The van der Waals surface area contributed by atoms with E-state index in [1.54, 1.807) is 48.5 Å². The Bertz CT molecular complexity index is 582. The molecule has 19 heavy (non-hydrogen) atoms. The summed E-state index contributed by atoms with van der Waals surface area (Å²) >= 11 is 0. The number of phenolic OH excluding ortho intramolecular Hbond substituents is 1. The van der Waals surface area contributed by atoms with E-state index >= 15 is 0 Å². The Hall–Kier alpha value is -2.36. The van der Waals surface area contributed by atoms with Crippen molar-refractivity contribution in [3.8, 4) is 5.75 Å². The average molecular weight is 256 g/mol. The second kappa shape index (κ2) is 5.52. The Morgan fingerprint density at radius 3 is 2.53 bits per heavy atom.